The van der Waals surface area contributed by atoms with E-state index in [9.17, 15) is 0 Å². The zero-order chi connectivity index (χ0) is 16.9. The van der Waals surface area contributed by atoms with Gasteiger partial charge < -0.3 is 20.2 Å². The van der Waals surface area contributed by atoms with Crippen LogP contribution in [0.3, 0.4) is 0 Å². The van der Waals surface area contributed by atoms with Crippen molar-refractivity contribution in [3.05, 3.63) is 48.0 Å². The number of aromatic amines is 1. The second-order valence-electron chi connectivity index (χ2n) is 5.84. The molecule has 3 rings (SSSR count). The van der Waals surface area contributed by atoms with Gasteiger partial charge in [0.1, 0.15) is 11.5 Å². The first kappa shape index (κ1) is 16.4. The Morgan fingerprint density at radius 2 is 1.83 bits per heavy atom. The van der Waals surface area contributed by atoms with E-state index in [1.54, 1.807) is 14.2 Å². The highest BCUT2D eigenvalue weighted by atomic mass is 16.5. The van der Waals surface area contributed by atoms with E-state index in [1.165, 1.54) is 10.9 Å². The van der Waals surface area contributed by atoms with Gasteiger partial charge in [-0.3, -0.25) is 0 Å². The first-order valence-electron chi connectivity index (χ1n) is 8.30. The number of hydrogen-bond acceptors (Lipinski definition) is 3. The smallest absolute Gasteiger partial charge is 0.128 e. The summed E-state index contributed by atoms with van der Waals surface area (Å²) in [6, 6.07) is 14.3. The first-order chi connectivity index (χ1) is 11.8. The summed E-state index contributed by atoms with van der Waals surface area (Å²) >= 11 is 0. The minimum atomic E-state index is 0.722. The summed E-state index contributed by atoms with van der Waals surface area (Å²) in [5.41, 5.74) is 10.2. The van der Waals surface area contributed by atoms with Crippen LogP contribution in [0.25, 0.3) is 22.2 Å². The Morgan fingerprint density at radius 3 is 2.58 bits per heavy atom. The van der Waals surface area contributed by atoms with E-state index in [4.69, 9.17) is 15.2 Å². The lowest BCUT2D eigenvalue weighted by atomic mass is 9.99. The number of para-hydroxylation sites is 1. The molecule has 1 heterocycles. The van der Waals surface area contributed by atoms with Crippen molar-refractivity contribution in [3.8, 4) is 22.8 Å². The van der Waals surface area contributed by atoms with Gasteiger partial charge in [-0.05, 0) is 55.6 Å². The van der Waals surface area contributed by atoms with Crippen LogP contribution in [0.15, 0.2) is 42.5 Å². The summed E-state index contributed by atoms with van der Waals surface area (Å²) in [6.45, 7) is 0.722. The van der Waals surface area contributed by atoms with Crippen molar-refractivity contribution >= 4 is 10.9 Å². The predicted octanol–water partition coefficient (Wildman–Crippen LogP) is 4.13. The molecule has 2 aromatic carbocycles. The van der Waals surface area contributed by atoms with Gasteiger partial charge in [-0.25, -0.2) is 0 Å². The molecule has 0 atom stereocenters. The largest absolute Gasteiger partial charge is 0.497 e. The number of H-pyrrole nitrogens is 1. The Labute approximate surface area is 142 Å². The van der Waals surface area contributed by atoms with E-state index in [-0.39, 0.29) is 0 Å². The fourth-order valence-electron chi connectivity index (χ4n) is 3.15. The highest BCUT2D eigenvalue weighted by Gasteiger charge is 2.16. The average molecular weight is 324 g/mol. The van der Waals surface area contributed by atoms with Crippen LogP contribution in [0, 0.1) is 0 Å². The lowest BCUT2D eigenvalue weighted by Gasteiger charge is -2.11. The number of ether oxygens (including phenoxy) is 2. The van der Waals surface area contributed by atoms with Crippen molar-refractivity contribution in [1.29, 1.82) is 0 Å². The number of hydrogen-bond donors (Lipinski definition) is 2. The topological polar surface area (TPSA) is 60.3 Å². The van der Waals surface area contributed by atoms with Crippen LogP contribution in [-0.2, 0) is 6.42 Å². The molecule has 0 aliphatic heterocycles. The molecule has 4 nitrogen and oxygen atoms in total. The summed E-state index contributed by atoms with van der Waals surface area (Å²) in [5.74, 6) is 1.65. The molecule has 0 unspecified atom stereocenters. The molecule has 0 fully saturated rings. The van der Waals surface area contributed by atoms with Crippen molar-refractivity contribution < 1.29 is 9.47 Å². The number of methoxy groups -OCH3 is 2. The molecule has 0 saturated carbocycles. The lowest BCUT2D eigenvalue weighted by Crippen LogP contribution is -1.99. The number of aryl methyl sites for hydroxylation is 1. The maximum atomic E-state index is 5.67. The molecule has 0 spiro atoms. The molecule has 4 heteroatoms. The SMILES string of the molecule is COc1ccc(OC)c(-c2[nH]c3ccccc3c2CCCCN)c1. The van der Waals surface area contributed by atoms with Gasteiger partial charge in [0.15, 0.2) is 0 Å². The van der Waals surface area contributed by atoms with E-state index in [0.717, 1.165) is 54.1 Å². The highest BCUT2D eigenvalue weighted by molar-refractivity contribution is 5.92. The third kappa shape index (κ3) is 3.10. The van der Waals surface area contributed by atoms with Crippen molar-refractivity contribution in [2.75, 3.05) is 20.8 Å². The molecule has 1 aromatic heterocycles. The van der Waals surface area contributed by atoms with Crippen molar-refractivity contribution in [2.24, 2.45) is 5.73 Å². The molecule has 3 aromatic rings. The predicted molar refractivity (Wildman–Crippen MR) is 98.8 cm³/mol. The number of benzene rings is 2. The minimum Gasteiger partial charge on any atom is -0.497 e. The molecule has 0 radical (unpaired) electrons. The number of rotatable bonds is 7. The van der Waals surface area contributed by atoms with E-state index in [1.807, 2.05) is 18.2 Å². The molecule has 126 valence electrons. The number of aromatic nitrogens is 1. The second kappa shape index (κ2) is 7.41. The van der Waals surface area contributed by atoms with E-state index in [0.29, 0.717) is 0 Å². The van der Waals surface area contributed by atoms with Gasteiger partial charge in [0.05, 0.1) is 19.9 Å². The minimum absolute atomic E-state index is 0.722. The zero-order valence-electron chi connectivity index (χ0n) is 14.3. The van der Waals surface area contributed by atoms with Gasteiger partial charge in [-0.15, -0.1) is 0 Å². The van der Waals surface area contributed by atoms with Gasteiger partial charge in [-0.2, -0.15) is 0 Å². The molecule has 0 aliphatic carbocycles. The number of unbranched alkanes of at least 4 members (excludes halogenated alkanes) is 1. The van der Waals surface area contributed by atoms with Gasteiger partial charge in [0.2, 0.25) is 0 Å². The Kier molecular flexibility index (Phi) is 5.06. The summed E-state index contributed by atoms with van der Waals surface area (Å²) in [6.07, 6.45) is 3.07. The van der Waals surface area contributed by atoms with Gasteiger partial charge >= 0.3 is 0 Å². The van der Waals surface area contributed by atoms with Gasteiger partial charge in [-0.1, -0.05) is 18.2 Å². The van der Waals surface area contributed by atoms with Crippen molar-refractivity contribution in [1.82, 2.24) is 4.98 Å². The fourth-order valence-corrected chi connectivity index (χ4v) is 3.15. The Bertz CT molecular complexity index is 824. The summed E-state index contributed by atoms with van der Waals surface area (Å²) in [7, 11) is 3.38. The monoisotopic (exact) mass is 324 g/mol. The molecule has 0 aliphatic rings. The Morgan fingerprint density at radius 1 is 1.00 bits per heavy atom. The van der Waals surface area contributed by atoms with Gasteiger partial charge in [0, 0.05) is 16.5 Å². The van der Waals surface area contributed by atoms with Crippen LogP contribution in [0.4, 0.5) is 0 Å². The summed E-state index contributed by atoms with van der Waals surface area (Å²) < 4.78 is 11.0. The normalized spacial score (nSPS) is 11.0. The van der Waals surface area contributed by atoms with Crippen LogP contribution in [-0.4, -0.2) is 25.7 Å². The lowest BCUT2D eigenvalue weighted by molar-refractivity contribution is 0.404. The fraction of sp³-hybridized carbons (Fsp3) is 0.300. The van der Waals surface area contributed by atoms with E-state index in [2.05, 4.69) is 29.2 Å². The average Bonchev–Trinajstić information content (AvgIpc) is 3.00. The van der Waals surface area contributed by atoms with Crippen LogP contribution < -0.4 is 15.2 Å². The number of fused-ring (bicyclic) bond motifs is 1. The summed E-state index contributed by atoms with van der Waals surface area (Å²) in [5, 5.41) is 1.26. The van der Waals surface area contributed by atoms with Crippen LogP contribution >= 0.6 is 0 Å². The first-order valence-corrected chi connectivity index (χ1v) is 8.30. The van der Waals surface area contributed by atoms with Crippen molar-refractivity contribution in [3.63, 3.8) is 0 Å². The number of nitrogens with one attached hydrogen (secondary N) is 1. The van der Waals surface area contributed by atoms with Crippen LogP contribution in [0.2, 0.25) is 0 Å². The van der Waals surface area contributed by atoms with E-state index >= 15 is 0 Å². The third-order valence-electron chi connectivity index (χ3n) is 4.37. The van der Waals surface area contributed by atoms with Crippen molar-refractivity contribution in [2.45, 2.75) is 19.3 Å². The van der Waals surface area contributed by atoms with Crippen LogP contribution in [0.5, 0.6) is 11.5 Å². The molecule has 3 N–H and O–H groups in total. The molecular weight excluding hydrogens is 300 g/mol. The molecule has 24 heavy (non-hydrogen) atoms. The quantitative estimate of drug-likeness (QED) is 0.642. The highest BCUT2D eigenvalue weighted by Crippen LogP contribution is 2.38. The van der Waals surface area contributed by atoms with Gasteiger partial charge in [0.25, 0.3) is 0 Å². The summed E-state index contributed by atoms with van der Waals surface area (Å²) in [4.78, 5) is 3.57. The van der Waals surface area contributed by atoms with Crippen LogP contribution in [0.1, 0.15) is 18.4 Å². The number of nitrogens with two attached hydrogens (primary N) is 1. The maximum absolute atomic E-state index is 5.67. The maximum Gasteiger partial charge on any atom is 0.128 e. The molecule has 0 bridgehead atoms. The molecule has 0 amide bonds. The molecular formula is C20H24N2O2. The molecule has 0 saturated heterocycles. The zero-order valence-corrected chi connectivity index (χ0v) is 14.3. The Hall–Kier alpha value is -2.46. The van der Waals surface area contributed by atoms with E-state index < -0.39 is 0 Å². The Balaban J connectivity index is 2.16. The standard InChI is InChI=1S/C20H24N2O2/c1-23-14-10-11-19(24-2)17(13-14)20-16(8-5-6-12-21)15-7-3-4-9-18(15)22-20/h3-4,7,9-11,13,22H,5-6,8,12,21H2,1-2H3. The second-order valence-corrected chi connectivity index (χ2v) is 5.84. The third-order valence-corrected chi connectivity index (χ3v) is 4.37.